The summed E-state index contributed by atoms with van der Waals surface area (Å²) >= 11 is 0.949. The van der Waals surface area contributed by atoms with Gasteiger partial charge in [0.15, 0.2) is 5.44 Å². The van der Waals surface area contributed by atoms with E-state index >= 15 is 0 Å². The molecule has 41 heavy (non-hydrogen) atoms. The van der Waals surface area contributed by atoms with Crippen molar-refractivity contribution in [1.29, 1.82) is 5.26 Å². The summed E-state index contributed by atoms with van der Waals surface area (Å²) in [5.41, 5.74) is 0.318. The standard InChI is InChI=1S/C31H48N2O7S/c1-25(2)8-6-13-33-30(35)22-38-18-19-39-31(41-24-32)23-40-29-11-5-10-27(21-29)20-28(34)12-15-37-17-16-36-14-7-9-26(3)4/h5-6,8,10-11,21,25-26,31H,7,9,12-20,22-23H2,1-4H3,(H,33,35)/b8-6+. The van der Waals surface area contributed by atoms with E-state index in [1.54, 1.807) is 6.07 Å². The Hall–Kier alpha value is -2.42. The second kappa shape index (κ2) is 24.2. The zero-order chi connectivity index (χ0) is 30.1. The number of nitrogens with zero attached hydrogens (tertiary/aromatic N) is 1. The van der Waals surface area contributed by atoms with Crippen molar-refractivity contribution in [3.63, 3.8) is 0 Å². The predicted octanol–water partition coefficient (Wildman–Crippen LogP) is 4.94. The van der Waals surface area contributed by atoms with E-state index in [0.29, 0.717) is 50.4 Å². The van der Waals surface area contributed by atoms with Crippen LogP contribution in [0.3, 0.4) is 0 Å². The summed E-state index contributed by atoms with van der Waals surface area (Å²) < 4.78 is 27.9. The number of carbonyl (C=O) groups excluding carboxylic acids is 2. The van der Waals surface area contributed by atoms with Gasteiger partial charge in [-0.15, -0.1) is 0 Å². The van der Waals surface area contributed by atoms with Crippen LogP contribution in [0.25, 0.3) is 0 Å². The average molecular weight is 593 g/mol. The van der Waals surface area contributed by atoms with Crippen LogP contribution < -0.4 is 10.1 Å². The van der Waals surface area contributed by atoms with Crippen molar-refractivity contribution < 1.29 is 33.3 Å². The molecule has 1 unspecified atom stereocenters. The van der Waals surface area contributed by atoms with Gasteiger partial charge in [0.05, 0.1) is 33.0 Å². The number of Topliss-reactive ketones (excluding diaryl/α,β-unsaturated/α-hetero) is 1. The van der Waals surface area contributed by atoms with E-state index in [-0.39, 0.29) is 44.5 Å². The van der Waals surface area contributed by atoms with Crippen molar-refractivity contribution in [2.75, 3.05) is 59.4 Å². The lowest BCUT2D eigenvalue weighted by Gasteiger charge is -2.16. The summed E-state index contributed by atoms with van der Waals surface area (Å²) in [7, 11) is 0. The van der Waals surface area contributed by atoms with Crippen molar-refractivity contribution >= 4 is 23.5 Å². The van der Waals surface area contributed by atoms with Gasteiger partial charge in [-0.1, -0.05) is 52.0 Å². The van der Waals surface area contributed by atoms with Crippen molar-refractivity contribution in [3.8, 4) is 11.2 Å². The SMILES string of the molecule is CC(C)/C=C/CNC(=O)COCCOC(COc1cccc(CC(=O)CCOCCOCCCC(C)C)c1)SC#N. The normalized spacial score (nSPS) is 12.1. The molecule has 0 fully saturated rings. The molecule has 0 saturated heterocycles. The Morgan fingerprint density at radius 2 is 1.78 bits per heavy atom. The molecule has 0 bridgehead atoms. The molecule has 1 rings (SSSR count). The summed E-state index contributed by atoms with van der Waals surface area (Å²) in [6.45, 7) is 11.7. The first-order chi connectivity index (χ1) is 19.8. The fourth-order valence-corrected chi connectivity index (χ4v) is 3.89. The Morgan fingerprint density at radius 3 is 2.51 bits per heavy atom. The Labute approximate surface area is 250 Å². The van der Waals surface area contributed by atoms with Crippen LogP contribution in [0.4, 0.5) is 0 Å². The lowest BCUT2D eigenvalue weighted by molar-refractivity contribution is -0.126. The fourth-order valence-electron chi connectivity index (χ4n) is 3.47. The minimum atomic E-state index is -0.528. The van der Waals surface area contributed by atoms with E-state index in [1.807, 2.05) is 35.8 Å². The number of thiocyanates is 1. The minimum Gasteiger partial charge on any atom is -0.490 e. The van der Waals surface area contributed by atoms with Crippen LogP contribution in [0.5, 0.6) is 5.75 Å². The third kappa shape index (κ3) is 21.9. The molecule has 10 heteroatoms. The number of benzene rings is 1. The minimum absolute atomic E-state index is 0.0595. The van der Waals surface area contributed by atoms with Gasteiger partial charge in [-0.2, -0.15) is 5.26 Å². The third-order valence-corrected chi connectivity index (χ3v) is 6.18. The molecule has 0 aliphatic rings. The quantitative estimate of drug-likeness (QED) is 0.0729. The van der Waals surface area contributed by atoms with Gasteiger partial charge in [0.1, 0.15) is 30.1 Å². The summed E-state index contributed by atoms with van der Waals surface area (Å²) in [6, 6.07) is 7.32. The first kappa shape index (κ1) is 36.6. The first-order valence-electron chi connectivity index (χ1n) is 14.4. The molecule has 1 atom stereocenters. The van der Waals surface area contributed by atoms with Gasteiger partial charge < -0.3 is 29.0 Å². The molecular formula is C31H48N2O7S. The molecule has 0 aromatic heterocycles. The Balaban J connectivity index is 2.24. The highest BCUT2D eigenvalue weighted by Crippen LogP contribution is 2.18. The maximum Gasteiger partial charge on any atom is 0.246 e. The van der Waals surface area contributed by atoms with Gasteiger partial charge in [0.2, 0.25) is 5.91 Å². The number of nitrogens with one attached hydrogen (secondary N) is 1. The van der Waals surface area contributed by atoms with E-state index in [2.05, 4.69) is 33.0 Å². The molecule has 0 aliphatic heterocycles. The number of ether oxygens (including phenoxy) is 5. The van der Waals surface area contributed by atoms with E-state index < -0.39 is 5.44 Å². The van der Waals surface area contributed by atoms with Crippen LogP contribution in [0.2, 0.25) is 0 Å². The fraction of sp³-hybridized carbons (Fsp3) is 0.645. The number of thioether (sulfide) groups is 1. The molecule has 1 amide bonds. The largest absolute Gasteiger partial charge is 0.490 e. The smallest absolute Gasteiger partial charge is 0.246 e. The van der Waals surface area contributed by atoms with E-state index in [9.17, 15) is 9.59 Å². The zero-order valence-corrected chi connectivity index (χ0v) is 25.9. The maximum absolute atomic E-state index is 12.4. The molecule has 0 aliphatic carbocycles. The van der Waals surface area contributed by atoms with Gasteiger partial charge >= 0.3 is 0 Å². The first-order valence-corrected chi connectivity index (χ1v) is 15.2. The highest BCUT2D eigenvalue weighted by Gasteiger charge is 2.12. The van der Waals surface area contributed by atoms with E-state index in [0.717, 1.165) is 36.8 Å². The van der Waals surface area contributed by atoms with Gasteiger partial charge in [-0.25, -0.2) is 0 Å². The zero-order valence-electron chi connectivity index (χ0n) is 25.1. The third-order valence-electron chi connectivity index (χ3n) is 5.54. The summed E-state index contributed by atoms with van der Waals surface area (Å²) in [5, 5.41) is 13.9. The van der Waals surface area contributed by atoms with Crippen LogP contribution >= 0.6 is 11.8 Å². The van der Waals surface area contributed by atoms with Crippen LogP contribution in [-0.4, -0.2) is 76.5 Å². The lowest BCUT2D eigenvalue weighted by Crippen LogP contribution is -2.28. The number of allylic oxidation sites excluding steroid dienone is 1. The molecule has 1 aromatic carbocycles. The number of hydrogen-bond acceptors (Lipinski definition) is 9. The highest BCUT2D eigenvalue weighted by molar-refractivity contribution is 8.04. The molecule has 9 nitrogen and oxygen atoms in total. The van der Waals surface area contributed by atoms with Gasteiger partial charge in [-0.05, 0) is 54.1 Å². The number of nitriles is 1. The van der Waals surface area contributed by atoms with Crippen LogP contribution in [-0.2, 0) is 35.0 Å². The van der Waals surface area contributed by atoms with E-state index in [4.69, 9.17) is 28.9 Å². The Morgan fingerprint density at radius 1 is 1.02 bits per heavy atom. The van der Waals surface area contributed by atoms with Gasteiger partial charge in [0, 0.05) is 26.0 Å². The molecule has 0 radical (unpaired) electrons. The van der Waals surface area contributed by atoms with Gasteiger partial charge in [-0.3, -0.25) is 9.59 Å². The number of amides is 1. The topological polar surface area (TPSA) is 116 Å². The van der Waals surface area contributed by atoms with Crippen LogP contribution in [0.1, 0.15) is 52.5 Å². The van der Waals surface area contributed by atoms with Crippen LogP contribution in [0.15, 0.2) is 36.4 Å². The summed E-state index contributed by atoms with van der Waals surface area (Å²) in [6.07, 6.45) is 6.77. The second-order valence-corrected chi connectivity index (χ2v) is 11.2. The van der Waals surface area contributed by atoms with Crippen molar-refractivity contribution in [3.05, 3.63) is 42.0 Å². The van der Waals surface area contributed by atoms with Crippen LogP contribution in [0, 0.1) is 22.5 Å². The number of hydrogen-bond donors (Lipinski definition) is 1. The summed E-state index contributed by atoms with van der Waals surface area (Å²) in [4.78, 5) is 24.1. The number of rotatable bonds is 25. The van der Waals surface area contributed by atoms with Gasteiger partial charge in [0.25, 0.3) is 0 Å². The van der Waals surface area contributed by atoms with Crippen molar-refractivity contribution in [2.24, 2.45) is 11.8 Å². The average Bonchev–Trinajstić information content (AvgIpc) is 2.92. The molecule has 0 saturated carbocycles. The predicted molar refractivity (Wildman–Crippen MR) is 162 cm³/mol. The molecule has 230 valence electrons. The monoisotopic (exact) mass is 592 g/mol. The molecule has 1 N–H and O–H groups in total. The molecule has 0 heterocycles. The summed E-state index contributed by atoms with van der Waals surface area (Å²) in [5.74, 6) is 1.60. The molecular weight excluding hydrogens is 544 g/mol. The molecule has 0 spiro atoms. The highest BCUT2D eigenvalue weighted by atomic mass is 32.2. The Bertz CT molecular complexity index is 918. The number of ketones is 1. The van der Waals surface area contributed by atoms with E-state index in [1.165, 1.54) is 0 Å². The van der Waals surface area contributed by atoms with Crippen molar-refractivity contribution in [1.82, 2.24) is 5.32 Å². The Kier molecular flexibility index (Phi) is 21.6. The molecule has 1 aromatic rings. The second-order valence-electron chi connectivity index (χ2n) is 10.2. The van der Waals surface area contributed by atoms with Crippen molar-refractivity contribution in [2.45, 2.75) is 58.8 Å². The maximum atomic E-state index is 12.4. The lowest BCUT2D eigenvalue weighted by atomic mass is 10.1. The number of carbonyl (C=O) groups is 2.